The number of rotatable bonds is 38. The number of carbonyl (C=O) groups is 3. The largest absolute Gasteiger partial charge is 0.756 e. The van der Waals surface area contributed by atoms with E-state index in [1.807, 2.05) is 21.1 Å². The molecule has 0 aromatic rings. The van der Waals surface area contributed by atoms with E-state index in [1.165, 1.54) is 64.2 Å². The first-order valence-corrected chi connectivity index (χ1v) is 21.8. The van der Waals surface area contributed by atoms with Crippen LogP contribution in [-0.2, 0) is 37.5 Å². The Kier molecular flexibility index (Phi) is 32.1. The number of ether oxygens (including phenoxy) is 2. The number of unbranched alkanes of at least 4 members (excludes halogenated alkanes) is 22. The molecule has 0 saturated heterocycles. The zero-order chi connectivity index (χ0) is 38.1. The van der Waals surface area contributed by atoms with Crippen LogP contribution in [0.25, 0.3) is 0 Å². The van der Waals surface area contributed by atoms with Crippen LogP contribution in [0, 0.1) is 0 Å². The lowest BCUT2D eigenvalue weighted by molar-refractivity contribution is -0.870. The highest BCUT2D eigenvalue weighted by Crippen LogP contribution is 2.38. The Balaban J connectivity index is 4.36. The number of phosphoric ester groups is 1. The van der Waals surface area contributed by atoms with Gasteiger partial charge in [-0.3, -0.25) is 18.9 Å². The first-order valence-electron chi connectivity index (χ1n) is 20.3. The Bertz CT molecular complexity index is 911. The Labute approximate surface area is 311 Å². The molecule has 0 aromatic carbocycles. The molecule has 1 N–H and O–H groups in total. The summed E-state index contributed by atoms with van der Waals surface area (Å²) in [5, 5.41) is 8.68. The van der Waals surface area contributed by atoms with Crippen molar-refractivity contribution >= 4 is 25.7 Å². The Morgan fingerprint density at radius 2 is 0.980 bits per heavy atom. The summed E-state index contributed by atoms with van der Waals surface area (Å²) < 4.78 is 33.7. The van der Waals surface area contributed by atoms with E-state index in [9.17, 15) is 23.8 Å². The van der Waals surface area contributed by atoms with Gasteiger partial charge in [0.1, 0.15) is 19.8 Å². The van der Waals surface area contributed by atoms with Gasteiger partial charge in [0.2, 0.25) is 0 Å². The van der Waals surface area contributed by atoms with Gasteiger partial charge >= 0.3 is 17.9 Å². The SMILES string of the molecule is CCCCCCCCCCCCCCCC(=O)OC[C@H](COP(=O)([O-])OCC[N+](C)(C)C)OC(=O)CCCCCCCCCCCCCC(=O)O. The molecule has 0 radical (unpaired) electrons. The molecule has 0 amide bonds. The summed E-state index contributed by atoms with van der Waals surface area (Å²) in [5.41, 5.74) is 0. The van der Waals surface area contributed by atoms with Crippen molar-refractivity contribution in [1.82, 2.24) is 0 Å². The standard InChI is InChI=1S/C39H76NO10P/c1-5-6-7-8-9-10-11-12-15-18-21-24-27-30-38(43)47-34-36(35-49-51(45,46)48-33-32-40(2,3)4)50-39(44)31-28-25-22-19-16-13-14-17-20-23-26-29-37(41)42/h36H,5-35H2,1-4H3,(H-,41,42,45,46)/t36-/m1/s1. The molecule has 0 aromatic heterocycles. The maximum absolute atomic E-state index is 12.6. The number of hydrogen-bond acceptors (Lipinski definition) is 9. The van der Waals surface area contributed by atoms with Crippen LogP contribution in [0.3, 0.4) is 0 Å². The minimum absolute atomic E-state index is 0.0442. The Hall–Kier alpha value is -1.52. The Morgan fingerprint density at radius 1 is 0.588 bits per heavy atom. The van der Waals surface area contributed by atoms with E-state index in [0.29, 0.717) is 17.4 Å². The number of nitrogens with zero attached hydrogens (tertiary/aromatic N) is 1. The minimum atomic E-state index is -4.63. The smallest absolute Gasteiger partial charge is 0.306 e. The molecule has 0 aliphatic heterocycles. The van der Waals surface area contributed by atoms with Gasteiger partial charge in [-0.1, -0.05) is 142 Å². The summed E-state index contributed by atoms with van der Waals surface area (Å²) in [6, 6.07) is 0. The number of likely N-dealkylation sites (N-methyl/N-ethyl adjacent to an activating group) is 1. The van der Waals surface area contributed by atoms with Crippen LogP contribution in [0.1, 0.15) is 180 Å². The number of carboxylic acids is 1. The summed E-state index contributed by atoms with van der Waals surface area (Å²) >= 11 is 0. The molecule has 1 unspecified atom stereocenters. The number of quaternary nitrogens is 1. The molecule has 12 heteroatoms. The van der Waals surface area contributed by atoms with Crippen LogP contribution in [0.4, 0.5) is 0 Å². The topological polar surface area (TPSA) is 148 Å². The van der Waals surface area contributed by atoms with E-state index < -0.39 is 38.4 Å². The van der Waals surface area contributed by atoms with E-state index in [1.54, 1.807) is 0 Å². The van der Waals surface area contributed by atoms with Gasteiger partial charge < -0.3 is 33.0 Å². The highest BCUT2D eigenvalue weighted by atomic mass is 31.2. The predicted octanol–water partition coefficient (Wildman–Crippen LogP) is 9.29. The first kappa shape index (κ1) is 49.5. The van der Waals surface area contributed by atoms with Gasteiger partial charge in [0.05, 0.1) is 27.7 Å². The number of hydrogen-bond donors (Lipinski definition) is 1. The molecule has 51 heavy (non-hydrogen) atoms. The number of aliphatic carboxylic acids is 1. The maximum Gasteiger partial charge on any atom is 0.306 e. The minimum Gasteiger partial charge on any atom is -0.756 e. The van der Waals surface area contributed by atoms with Gasteiger partial charge in [0, 0.05) is 19.3 Å². The van der Waals surface area contributed by atoms with Crippen LogP contribution in [0.2, 0.25) is 0 Å². The van der Waals surface area contributed by atoms with Crippen molar-refractivity contribution in [1.29, 1.82) is 0 Å². The molecular formula is C39H76NO10P. The summed E-state index contributed by atoms with van der Waals surface area (Å²) in [5.74, 6) is -1.61. The van der Waals surface area contributed by atoms with Crippen molar-refractivity contribution in [3.63, 3.8) is 0 Å². The molecule has 0 spiro atoms. The quantitative estimate of drug-likeness (QED) is 0.0280. The van der Waals surface area contributed by atoms with E-state index >= 15 is 0 Å². The Morgan fingerprint density at radius 3 is 1.39 bits per heavy atom. The van der Waals surface area contributed by atoms with Gasteiger partial charge in [-0.15, -0.1) is 0 Å². The molecule has 0 aliphatic rings. The average molecular weight is 750 g/mol. The van der Waals surface area contributed by atoms with Crippen molar-refractivity contribution in [2.75, 3.05) is 47.5 Å². The number of phosphoric acid groups is 1. The molecular weight excluding hydrogens is 673 g/mol. The van der Waals surface area contributed by atoms with Crippen molar-refractivity contribution in [2.45, 2.75) is 186 Å². The maximum atomic E-state index is 12.6. The highest BCUT2D eigenvalue weighted by molar-refractivity contribution is 7.45. The van der Waals surface area contributed by atoms with E-state index in [0.717, 1.165) is 83.5 Å². The molecule has 302 valence electrons. The van der Waals surface area contributed by atoms with Gasteiger partial charge in [-0.2, -0.15) is 0 Å². The van der Waals surface area contributed by atoms with Crippen LogP contribution in [0.5, 0.6) is 0 Å². The highest BCUT2D eigenvalue weighted by Gasteiger charge is 2.21. The summed E-state index contributed by atoms with van der Waals surface area (Å²) in [4.78, 5) is 47.9. The fourth-order valence-electron chi connectivity index (χ4n) is 5.68. The number of esters is 2. The number of carbonyl (C=O) groups excluding carboxylic acids is 2. The normalized spacial score (nSPS) is 13.5. The van der Waals surface area contributed by atoms with Crippen LogP contribution in [-0.4, -0.2) is 81.1 Å². The second-order valence-electron chi connectivity index (χ2n) is 15.2. The number of carboxylic acid groups (broad SMARTS) is 1. The first-order chi connectivity index (χ1) is 24.3. The van der Waals surface area contributed by atoms with Crippen molar-refractivity contribution in [3.05, 3.63) is 0 Å². The molecule has 0 rings (SSSR count). The van der Waals surface area contributed by atoms with Crippen molar-refractivity contribution in [2.24, 2.45) is 0 Å². The zero-order valence-corrected chi connectivity index (χ0v) is 33.9. The second kappa shape index (κ2) is 33.1. The van der Waals surface area contributed by atoms with Crippen molar-refractivity contribution < 1.29 is 52.0 Å². The summed E-state index contributed by atoms with van der Waals surface area (Å²) in [7, 11) is 1.11. The van der Waals surface area contributed by atoms with Crippen molar-refractivity contribution in [3.8, 4) is 0 Å². The molecule has 0 bridgehead atoms. The molecule has 2 atom stereocenters. The molecule has 11 nitrogen and oxygen atoms in total. The zero-order valence-electron chi connectivity index (χ0n) is 33.0. The lowest BCUT2D eigenvalue weighted by Crippen LogP contribution is -2.37. The molecule has 0 aliphatic carbocycles. The van der Waals surface area contributed by atoms with Gasteiger partial charge in [0.25, 0.3) is 7.82 Å². The van der Waals surface area contributed by atoms with Crippen LogP contribution in [0.15, 0.2) is 0 Å². The second-order valence-corrected chi connectivity index (χ2v) is 16.6. The average Bonchev–Trinajstić information content (AvgIpc) is 3.05. The summed E-state index contributed by atoms with van der Waals surface area (Å²) in [6.45, 7) is 1.90. The molecule has 0 saturated carbocycles. The summed E-state index contributed by atoms with van der Waals surface area (Å²) in [6.07, 6.45) is 26.4. The fourth-order valence-corrected chi connectivity index (χ4v) is 6.41. The third-order valence-corrected chi connectivity index (χ3v) is 9.88. The monoisotopic (exact) mass is 750 g/mol. The predicted molar refractivity (Wildman–Crippen MR) is 201 cm³/mol. The third-order valence-electron chi connectivity index (χ3n) is 8.91. The van der Waals surface area contributed by atoms with E-state index in [2.05, 4.69) is 6.92 Å². The fraction of sp³-hybridized carbons (Fsp3) is 0.923. The van der Waals surface area contributed by atoms with Gasteiger partial charge in [-0.05, 0) is 19.3 Å². The van der Waals surface area contributed by atoms with Crippen LogP contribution >= 0.6 is 7.82 Å². The van der Waals surface area contributed by atoms with Gasteiger partial charge in [-0.25, -0.2) is 0 Å². The van der Waals surface area contributed by atoms with E-state index in [4.69, 9.17) is 23.6 Å². The molecule has 0 heterocycles. The van der Waals surface area contributed by atoms with Crippen LogP contribution < -0.4 is 4.89 Å². The lowest BCUT2D eigenvalue weighted by atomic mass is 10.0. The van der Waals surface area contributed by atoms with E-state index in [-0.39, 0.29) is 32.5 Å². The lowest BCUT2D eigenvalue weighted by Gasteiger charge is -2.28. The molecule has 0 fully saturated rings. The third kappa shape index (κ3) is 38.0. The van der Waals surface area contributed by atoms with Gasteiger partial charge in [0.15, 0.2) is 6.10 Å².